The quantitative estimate of drug-likeness (QED) is 0.0148. The Bertz CT molecular complexity index is 4310. The molecular formula is C93H115BO7. The van der Waals surface area contributed by atoms with Crippen LogP contribution >= 0.6 is 0 Å². The lowest BCUT2D eigenvalue weighted by Crippen LogP contribution is -1.90. The first-order chi connectivity index (χ1) is 50.0. The Morgan fingerprint density at radius 3 is 0.772 bits per heavy atom. The highest BCUT2D eigenvalue weighted by Crippen LogP contribution is 2.47. The van der Waals surface area contributed by atoms with E-state index < -0.39 is 0 Å². The molecule has 0 aliphatic carbocycles. The Morgan fingerprint density at radius 2 is 0.485 bits per heavy atom. The number of rotatable bonds is 39. The standard InChI is InChI=1S/C46H58O4.C46H54O2.CH3BO/c1-3-5-7-9-11-13-15-17-19-33-21-23-35-29-43(47)39(27-37(35)25-33)41-31-46(50)42(32-45(41)49)40-28-38-26-34(22-24-36(38)30-44(40)48)20-18-16-14-12-10-8-6-4-2;1-3-5-7-9-11-13-15-17-19-33-21-23-35-29-43-39(27-37(35)25-33)41-31-46-42(32-45(41)47-43)40-28-38-26-34(22-24-36(38)30-44(40)48-46)20-18-16-14-12-10-8-6-4-2;2-1-3/h21-32,47-50H,3-20H2,1-2H3;21-32H,3-20H2,1-2H3;3H,1H2/i;;3D. The number of aromatic hydroxyl groups is 4. The Kier molecular flexibility index (Phi) is 29.0. The molecule has 0 bridgehead atoms. The number of furan rings is 2. The summed E-state index contributed by atoms with van der Waals surface area (Å²) in [7, 11) is 4.62. The number of benzene rings is 10. The number of phenols is 4. The molecule has 0 amide bonds. The molecule has 12 aromatic rings. The number of hydrogen-bond acceptors (Lipinski definition) is 7. The number of unbranched alkanes of at least 4 members (excludes halogenated alkanes) is 28. The van der Waals surface area contributed by atoms with Crippen LogP contribution in [0.2, 0.25) is 0 Å². The van der Waals surface area contributed by atoms with E-state index in [1.54, 1.807) is 12.1 Å². The van der Waals surface area contributed by atoms with E-state index in [0.717, 1.165) is 93.2 Å². The Labute approximate surface area is 605 Å². The Morgan fingerprint density at radius 1 is 0.257 bits per heavy atom. The fourth-order valence-corrected chi connectivity index (χ4v) is 15.2. The van der Waals surface area contributed by atoms with E-state index in [-0.39, 0.29) is 29.5 Å². The third kappa shape index (κ3) is 21.1. The van der Waals surface area contributed by atoms with Crippen molar-refractivity contribution in [2.24, 2.45) is 0 Å². The minimum Gasteiger partial charge on any atom is -0.507 e. The lowest BCUT2D eigenvalue weighted by Gasteiger charge is -2.15. The smallest absolute Gasteiger partial charge is 0.209 e. The molecule has 5 N–H and O–H groups in total. The highest BCUT2D eigenvalue weighted by atomic mass is 16.3. The normalized spacial score (nSPS) is 11.8. The van der Waals surface area contributed by atoms with E-state index in [9.17, 15) is 20.4 Å². The van der Waals surface area contributed by atoms with Crippen LogP contribution in [-0.2, 0) is 25.7 Å². The third-order valence-electron chi connectivity index (χ3n) is 21.1. The molecule has 0 saturated heterocycles. The summed E-state index contributed by atoms with van der Waals surface area (Å²) >= 11 is 0. The van der Waals surface area contributed by atoms with Crippen LogP contribution in [0.15, 0.2) is 154 Å². The summed E-state index contributed by atoms with van der Waals surface area (Å²) < 4.78 is 18.8. The van der Waals surface area contributed by atoms with Crippen molar-refractivity contribution < 1.29 is 34.4 Å². The van der Waals surface area contributed by atoms with Gasteiger partial charge in [0.05, 0.1) is 0 Å². The van der Waals surface area contributed by atoms with Crippen LogP contribution < -0.4 is 0 Å². The number of phenolic OH excluding ortho intramolecular Hbond substituents is 4. The number of fused-ring (bicyclic) bond motifs is 10. The predicted molar refractivity (Wildman–Crippen MR) is 433 cm³/mol. The summed E-state index contributed by atoms with van der Waals surface area (Å²) in [6.07, 6.45) is 46.7. The summed E-state index contributed by atoms with van der Waals surface area (Å²) in [6.45, 7) is 9.07. The molecule has 0 saturated carbocycles. The lowest BCUT2D eigenvalue weighted by molar-refractivity contribution is 0.369. The summed E-state index contributed by atoms with van der Waals surface area (Å²) in [6, 6.07) is 50.3. The Balaban J connectivity index is 0.000000209. The second kappa shape index (κ2) is 39.5. The maximum Gasteiger partial charge on any atom is 0.209 e. The van der Waals surface area contributed by atoms with Crippen LogP contribution in [0.3, 0.4) is 0 Å². The molecule has 12 rings (SSSR count). The molecular weight excluding hydrogens is 1240 g/mol. The summed E-state index contributed by atoms with van der Waals surface area (Å²) in [4.78, 5) is 0. The van der Waals surface area contributed by atoms with E-state index in [0.29, 0.717) is 22.3 Å². The zero-order valence-electron chi connectivity index (χ0n) is 62.6. The van der Waals surface area contributed by atoms with Crippen LogP contribution in [-0.4, -0.2) is 41.3 Å². The summed E-state index contributed by atoms with van der Waals surface area (Å²) in [5.41, 5.74) is 10.7. The van der Waals surface area contributed by atoms with Gasteiger partial charge in [-0.1, -0.05) is 280 Å². The minimum atomic E-state index is -0.0783. The molecule has 2 heterocycles. The fourth-order valence-electron chi connectivity index (χ4n) is 15.2. The monoisotopic (exact) mass is 1360 g/mol. The molecule has 8 heteroatoms. The van der Waals surface area contributed by atoms with Crippen LogP contribution in [0, 0.1) is 0 Å². The molecule has 0 unspecified atom stereocenters. The molecule has 2 radical (unpaired) electrons. The van der Waals surface area contributed by atoms with E-state index in [1.807, 2.05) is 24.3 Å². The molecule has 10 aromatic carbocycles. The fraction of sp³-hybridized carbons (Fsp3) is 0.441. The first kappa shape index (κ1) is 74.3. The molecule has 532 valence electrons. The highest BCUT2D eigenvalue weighted by Gasteiger charge is 2.20. The molecule has 0 spiro atoms. The van der Waals surface area contributed by atoms with Gasteiger partial charge in [0.2, 0.25) is 1.43 Å². The van der Waals surface area contributed by atoms with Gasteiger partial charge in [0.15, 0.2) is 0 Å². The van der Waals surface area contributed by atoms with Crippen molar-refractivity contribution >= 4 is 94.8 Å². The third-order valence-corrected chi connectivity index (χ3v) is 21.1. The zero-order valence-corrected chi connectivity index (χ0v) is 61.6. The maximum absolute atomic E-state index is 11.3. The van der Waals surface area contributed by atoms with Gasteiger partial charge in [0.25, 0.3) is 0 Å². The van der Waals surface area contributed by atoms with Crippen molar-refractivity contribution in [1.82, 2.24) is 0 Å². The van der Waals surface area contributed by atoms with Crippen LogP contribution in [0.5, 0.6) is 23.0 Å². The number of aliphatic hydroxyl groups is 1. The van der Waals surface area contributed by atoms with Gasteiger partial charge in [-0.2, -0.15) is 0 Å². The second-order valence-corrected chi connectivity index (χ2v) is 29.2. The minimum absolute atomic E-state index is 0.0139. The van der Waals surface area contributed by atoms with E-state index in [4.69, 9.17) is 10.3 Å². The van der Waals surface area contributed by atoms with Crippen molar-refractivity contribution in [3.05, 3.63) is 168 Å². The summed E-state index contributed by atoms with van der Waals surface area (Å²) in [5, 5.41) is 61.6. The molecule has 101 heavy (non-hydrogen) atoms. The van der Waals surface area contributed by atoms with E-state index in [1.165, 1.54) is 259 Å². The average Bonchev–Trinajstić information content (AvgIpc) is 1.56. The SMILES string of the molecule is CCCCCCCCCCc1ccc2cc(O)c(-c3cc(O)c(-c4cc5cc(CCCCCCCCCC)ccc5cc4O)cc3O)cc2c1.CCCCCCCCCCc1ccc2cc3oc4cc5c(cc4c3cc2c1)oc1cc2ccc(CCCCCCCCCC)cc2cc15.[2H]OC[B]. The molecule has 0 aliphatic heterocycles. The maximum atomic E-state index is 11.3. The van der Waals surface area contributed by atoms with Gasteiger partial charge < -0.3 is 34.4 Å². The van der Waals surface area contributed by atoms with Crippen molar-refractivity contribution in [2.45, 2.75) is 259 Å². The van der Waals surface area contributed by atoms with E-state index in [2.05, 4.69) is 138 Å². The van der Waals surface area contributed by atoms with Crippen LogP contribution in [0.1, 0.15) is 255 Å². The van der Waals surface area contributed by atoms with E-state index >= 15 is 0 Å². The van der Waals surface area contributed by atoms with Crippen molar-refractivity contribution in [3.63, 3.8) is 0 Å². The first-order valence-corrected chi connectivity index (χ1v) is 39.5. The second-order valence-electron chi connectivity index (χ2n) is 29.2. The number of hydrogen-bond donors (Lipinski definition) is 5. The van der Waals surface area contributed by atoms with Gasteiger partial charge in [-0.05, 0) is 190 Å². The summed E-state index contributed by atoms with van der Waals surface area (Å²) in [5.74, 6) is -0.0855. The first-order valence-electron chi connectivity index (χ1n) is 39.9. The Hall–Kier alpha value is -7.94. The number of aryl methyl sites for hydroxylation is 4. The largest absolute Gasteiger partial charge is 0.507 e. The van der Waals surface area contributed by atoms with Gasteiger partial charge in [-0.3, -0.25) is 0 Å². The van der Waals surface area contributed by atoms with Crippen molar-refractivity contribution in [2.75, 3.05) is 6.51 Å². The highest BCUT2D eigenvalue weighted by molar-refractivity contribution is 6.18. The van der Waals surface area contributed by atoms with Gasteiger partial charge in [-0.15, -0.1) is 0 Å². The topological polar surface area (TPSA) is 127 Å². The molecule has 0 aliphatic rings. The van der Waals surface area contributed by atoms with Crippen LogP contribution in [0.4, 0.5) is 0 Å². The molecule has 0 atom stereocenters. The molecule has 7 nitrogen and oxygen atoms in total. The number of aliphatic hydroxyl groups excluding tert-OH is 1. The zero-order chi connectivity index (χ0) is 71.4. The predicted octanol–water partition coefficient (Wildman–Crippen LogP) is 27.8. The van der Waals surface area contributed by atoms with Gasteiger partial charge in [0.1, 0.15) is 53.2 Å². The van der Waals surface area contributed by atoms with Gasteiger partial charge in [0, 0.05) is 50.3 Å². The van der Waals surface area contributed by atoms with Crippen LogP contribution in [0.25, 0.3) is 109 Å². The average molecular weight is 1360 g/mol. The van der Waals surface area contributed by atoms with Crippen molar-refractivity contribution in [3.8, 4) is 45.3 Å². The van der Waals surface area contributed by atoms with Gasteiger partial charge in [-0.25, -0.2) is 0 Å². The van der Waals surface area contributed by atoms with Gasteiger partial charge >= 0.3 is 0 Å². The molecule has 2 aromatic heterocycles. The van der Waals surface area contributed by atoms with Crippen molar-refractivity contribution in [1.29, 1.82) is 1.43 Å². The lowest BCUT2D eigenvalue weighted by atomic mass is 9.93. The molecule has 0 fully saturated rings.